The minimum absolute atomic E-state index is 0.0616. The van der Waals surface area contributed by atoms with E-state index in [1.807, 2.05) is 0 Å². The predicted octanol–water partition coefficient (Wildman–Crippen LogP) is 5.98. The van der Waals surface area contributed by atoms with Gasteiger partial charge in [0.25, 0.3) is 5.70 Å². The maximum Gasteiger partial charge on any atom is 0.513 e. The van der Waals surface area contributed by atoms with Crippen LogP contribution in [0.5, 0.6) is 5.75 Å². The number of nitrogens with zero attached hydrogens (tertiary/aromatic N) is 1. The number of benzene rings is 1. The van der Waals surface area contributed by atoms with Gasteiger partial charge in [0, 0.05) is 12.2 Å². The number of carbonyl (C=O) groups is 1. The van der Waals surface area contributed by atoms with Crippen LogP contribution in [0, 0.1) is 10.1 Å². The van der Waals surface area contributed by atoms with Crippen molar-refractivity contribution in [3.8, 4) is 5.75 Å². The van der Waals surface area contributed by atoms with Gasteiger partial charge in [-0.1, -0.05) is 56.7 Å². The van der Waals surface area contributed by atoms with Crippen molar-refractivity contribution in [3.05, 3.63) is 62.8 Å². The Morgan fingerprint density at radius 3 is 2.28 bits per heavy atom. The van der Waals surface area contributed by atoms with E-state index >= 15 is 0 Å². The van der Waals surface area contributed by atoms with E-state index in [9.17, 15) is 23.7 Å². The van der Waals surface area contributed by atoms with E-state index in [0.717, 1.165) is 44.9 Å². The molecule has 0 fully saturated rings. The highest BCUT2D eigenvalue weighted by molar-refractivity contribution is 5.63. The number of halogens is 2. The maximum atomic E-state index is 13.0. The quantitative estimate of drug-likeness (QED) is 0.127. The number of allylic oxidation sites excluding steroid dienone is 2. The average Bonchev–Trinajstić information content (AvgIpc) is 2.81. The molecule has 2 N–H and O–H groups in total. The van der Waals surface area contributed by atoms with Crippen molar-refractivity contribution in [2.45, 2.75) is 77.7 Å². The average molecular weight is 513 g/mol. The van der Waals surface area contributed by atoms with Gasteiger partial charge in [0.15, 0.2) is 0 Å². The molecule has 200 valence electrons. The Kier molecular flexibility index (Phi) is 12.1. The Bertz CT molecular complexity index is 950. The number of para-hydroxylation sites is 1. The number of alkyl halides is 2. The minimum Gasteiger partial charge on any atom is -0.435 e. The number of aliphatic hydroxyl groups is 1. The Labute approximate surface area is 209 Å². The van der Waals surface area contributed by atoms with Gasteiger partial charge in [0.1, 0.15) is 17.4 Å². The van der Waals surface area contributed by atoms with Gasteiger partial charge in [-0.25, -0.2) is 4.79 Å². The Morgan fingerprint density at radius 2 is 1.67 bits per heavy atom. The Morgan fingerprint density at radius 1 is 1.06 bits per heavy atom. The molecule has 0 bridgehead atoms. The third kappa shape index (κ3) is 8.78. The van der Waals surface area contributed by atoms with Crippen LogP contribution in [0.25, 0.3) is 0 Å². The summed E-state index contributed by atoms with van der Waals surface area (Å²) in [6.45, 7) is 0.243. The van der Waals surface area contributed by atoms with Gasteiger partial charge < -0.3 is 24.6 Å². The smallest absolute Gasteiger partial charge is 0.435 e. The summed E-state index contributed by atoms with van der Waals surface area (Å²) >= 11 is 0. The summed E-state index contributed by atoms with van der Waals surface area (Å²) in [7, 11) is 0. The normalized spacial score (nSPS) is 15.7. The lowest BCUT2D eigenvalue weighted by molar-refractivity contribution is -0.431. The van der Waals surface area contributed by atoms with Crippen molar-refractivity contribution in [2.24, 2.45) is 0 Å². The molecule has 1 aromatic carbocycles. The molecule has 1 aromatic rings. The zero-order valence-corrected chi connectivity index (χ0v) is 20.6. The monoisotopic (exact) mass is 512 g/mol. The van der Waals surface area contributed by atoms with Gasteiger partial charge in [0.2, 0.25) is 0 Å². The second-order valence-corrected chi connectivity index (χ2v) is 8.48. The van der Waals surface area contributed by atoms with Crippen LogP contribution in [-0.2, 0) is 9.47 Å². The molecule has 9 nitrogen and oxygen atoms in total. The molecule has 0 saturated carbocycles. The molecule has 2 rings (SSSR count). The van der Waals surface area contributed by atoms with Gasteiger partial charge in [-0.15, -0.1) is 0 Å². The van der Waals surface area contributed by atoms with Crippen LogP contribution in [0.3, 0.4) is 0 Å². The number of ether oxygens (including phenoxy) is 3. The predicted molar refractivity (Wildman–Crippen MR) is 128 cm³/mol. The number of rotatable bonds is 15. The summed E-state index contributed by atoms with van der Waals surface area (Å²) in [6.07, 6.45) is 6.53. The number of hydrogen-bond acceptors (Lipinski definition) is 8. The molecule has 0 saturated heterocycles. The van der Waals surface area contributed by atoms with Crippen LogP contribution in [0.15, 0.2) is 47.1 Å². The lowest BCUT2D eigenvalue weighted by Gasteiger charge is -2.27. The number of carbonyl (C=O) groups excluding carboxylic acids is 1. The van der Waals surface area contributed by atoms with Gasteiger partial charge in [-0.05, 0) is 32.8 Å². The third-order valence-corrected chi connectivity index (χ3v) is 5.77. The molecule has 0 amide bonds. The number of dihydropyridines is 1. The zero-order valence-electron chi connectivity index (χ0n) is 20.6. The van der Waals surface area contributed by atoms with Crippen molar-refractivity contribution in [3.63, 3.8) is 0 Å². The van der Waals surface area contributed by atoms with Gasteiger partial charge in [-0.3, -0.25) is 10.1 Å². The van der Waals surface area contributed by atoms with Crippen molar-refractivity contribution >= 4 is 6.16 Å². The fourth-order valence-electron chi connectivity index (χ4n) is 4.10. The Hall–Kier alpha value is -3.21. The van der Waals surface area contributed by atoms with E-state index in [0.29, 0.717) is 12.1 Å². The molecule has 1 aliphatic rings. The SMILES string of the molecule is CC1=C(OC(=O)OCCCCCCCCCCO)C(c2ccccc2OC(F)F)C([N+](=O)[O-])=C(C)N1. The molecule has 0 aromatic heterocycles. The maximum absolute atomic E-state index is 13.0. The van der Waals surface area contributed by atoms with Crippen LogP contribution >= 0.6 is 0 Å². The Balaban J connectivity index is 2.04. The van der Waals surface area contributed by atoms with Gasteiger partial charge in [0.05, 0.1) is 22.9 Å². The highest BCUT2D eigenvalue weighted by Gasteiger charge is 2.41. The van der Waals surface area contributed by atoms with Crippen LogP contribution in [0.1, 0.15) is 76.7 Å². The molecule has 0 spiro atoms. The number of nitrogens with one attached hydrogen (secondary N) is 1. The molecule has 1 unspecified atom stereocenters. The largest absolute Gasteiger partial charge is 0.513 e. The van der Waals surface area contributed by atoms with E-state index in [1.54, 1.807) is 6.92 Å². The van der Waals surface area contributed by atoms with Crippen molar-refractivity contribution in [1.82, 2.24) is 5.32 Å². The summed E-state index contributed by atoms with van der Waals surface area (Å²) in [5.74, 6) is -1.65. The summed E-state index contributed by atoms with van der Waals surface area (Å²) in [5.41, 5.74) is 0.207. The number of nitro groups is 1. The highest BCUT2D eigenvalue weighted by Crippen LogP contribution is 2.42. The van der Waals surface area contributed by atoms with Crippen molar-refractivity contribution in [1.29, 1.82) is 0 Å². The standard InChI is InChI=1S/C25H34F2N2O7/c1-17-22(29(32)33)21(19-13-9-10-14-20(19)35-24(26)27)23(18(2)28-17)36-25(31)34-16-12-8-6-4-3-5-7-11-15-30/h9-10,13-14,21,24,28,30H,3-8,11-12,15-16H2,1-2H3. The summed E-state index contributed by atoms with van der Waals surface area (Å²) < 4.78 is 41.1. The van der Waals surface area contributed by atoms with Crippen LogP contribution < -0.4 is 10.1 Å². The second kappa shape index (κ2) is 15.0. The van der Waals surface area contributed by atoms with Crippen molar-refractivity contribution < 1.29 is 37.8 Å². The second-order valence-electron chi connectivity index (χ2n) is 8.48. The molecule has 1 heterocycles. The van der Waals surface area contributed by atoms with Crippen LogP contribution in [0.4, 0.5) is 13.6 Å². The lowest BCUT2D eigenvalue weighted by atomic mass is 9.89. The number of unbranched alkanes of at least 4 members (excludes halogenated alkanes) is 7. The van der Waals surface area contributed by atoms with E-state index < -0.39 is 23.6 Å². The fraction of sp³-hybridized carbons (Fsp3) is 0.560. The van der Waals surface area contributed by atoms with Gasteiger partial charge in [-0.2, -0.15) is 8.78 Å². The molecule has 36 heavy (non-hydrogen) atoms. The minimum atomic E-state index is -3.14. The van der Waals surface area contributed by atoms with Crippen molar-refractivity contribution in [2.75, 3.05) is 13.2 Å². The molecular weight excluding hydrogens is 478 g/mol. The highest BCUT2D eigenvalue weighted by atomic mass is 19.3. The fourth-order valence-corrected chi connectivity index (χ4v) is 4.10. The first-order valence-corrected chi connectivity index (χ1v) is 12.1. The van der Waals surface area contributed by atoms with E-state index in [-0.39, 0.29) is 41.7 Å². The first-order valence-electron chi connectivity index (χ1n) is 12.1. The third-order valence-electron chi connectivity index (χ3n) is 5.77. The molecule has 0 radical (unpaired) electrons. The lowest BCUT2D eigenvalue weighted by Crippen LogP contribution is -2.30. The van der Waals surface area contributed by atoms with Crippen LogP contribution in [0.2, 0.25) is 0 Å². The molecule has 0 aliphatic carbocycles. The summed E-state index contributed by atoms with van der Waals surface area (Å²) in [4.78, 5) is 23.7. The first kappa shape index (κ1) is 29.0. The van der Waals surface area contributed by atoms with E-state index in [4.69, 9.17) is 14.6 Å². The molecule has 1 atom stereocenters. The molecular formula is C25H34F2N2O7. The zero-order chi connectivity index (χ0) is 26.5. The summed E-state index contributed by atoms with van der Waals surface area (Å²) in [6, 6.07) is 5.68. The number of hydrogen-bond donors (Lipinski definition) is 2. The van der Waals surface area contributed by atoms with E-state index in [1.165, 1.54) is 31.2 Å². The first-order chi connectivity index (χ1) is 17.3. The topological polar surface area (TPSA) is 120 Å². The summed E-state index contributed by atoms with van der Waals surface area (Å²) in [5, 5.41) is 23.5. The number of aliphatic hydroxyl groups excluding tert-OH is 1. The molecule has 1 aliphatic heterocycles. The van der Waals surface area contributed by atoms with E-state index in [2.05, 4.69) is 10.1 Å². The van der Waals surface area contributed by atoms with Gasteiger partial charge >= 0.3 is 12.8 Å². The molecule has 11 heteroatoms. The van der Waals surface area contributed by atoms with Crippen LogP contribution in [-0.4, -0.2) is 36.0 Å².